The highest BCUT2D eigenvalue weighted by Crippen LogP contribution is 2.24. The second kappa shape index (κ2) is 6.66. The summed E-state index contributed by atoms with van der Waals surface area (Å²) < 4.78 is 0. The second-order valence-corrected chi connectivity index (χ2v) is 5.65. The SMILES string of the molecule is O=C(O)c1cccc(-c2nccnc2C[C@@H]2CCCNC2)c1. The molecule has 1 saturated heterocycles. The normalized spacial score (nSPS) is 18.1. The maximum Gasteiger partial charge on any atom is 0.335 e. The fourth-order valence-electron chi connectivity index (χ4n) is 2.93. The van der Waals surface area contributed by atoms with Crippen molar-refractivity contribution in [1.82, 2.24) is 15.3 Å². The minimum absolute atomic E-state index is 0.272. The Kier molecular flexibility index (Phi) is 4.44. The molecular formula is C17H19N3O2. The summed E-state index contributed by atoms with van der Waals surface area (Å²) in [5.41, 5.74) is 2.81. The Morgan fingerprint density at radius 2 is 2.18 bits per heavy atom. The van der Waals surface area contributed by atoms with Crippen LogP contribution in [-0.4, -0.2) is 34.1 Å². The van der Waals surface area contributed by atoms with Crippen molar-refractivity contribution in [1.29, 1.82) is 0 Å². The van der Waals surface area contributed by atoms with E-state index in [1.165, 1.54) is 12.8 Å². The van der Waals surface area contributed by atoms with Crippen molar-refractivity contribution in [2.45, 2.75) is 19.3 Å². The second-order valence-electron chi connectivity index (χ2n) is 5.65. The van der Waals surface area contributed by atoms with Crippen LogP contribution < -0.4 is 5.32 Å². The molecule has 5 heteroatoms. The van der Waals surface area contributed by atoms with Gasteiger partial charge in [0.15, 0.2) is 0 Å². The lowest BCUT2D eigenvalue weighted by Crippen LogP contribution is -2.31. The standard InChI is InChI=1S/C17H19N3O2/c21-17(22)14-5-1-4-13(10-14)16-15(19-7-8-20-16)9-12-3-2-6-18-11-12/h1,4-5,7-8,10,12,18H,2-3,6,9,11H2,(H,21,22)/t12-/m0/s1. The molecule has 1 atom stereocenters. The van der Waals surface area contributed by atoms with E-state index in [4.69, 9.17) is 5.11 Å². The number of rotatable bonds is 4. The number of hydrogen-bond acceptors (Lipinski definition) is 4. The number of hydrogen-bond donors (Lipinski definition) is 2. The minimum atomic E-state index is -0.927. The van der Waals surface area contributed by atoms with Gasteiger partial charge in [-0.05, 0) is 50.4 Å². The predicted molar refractivity (Wildman–Crippen MR) is 83.7 cm³/mol. The maximum absolute atomic E-state index is 11.1. The molecule has 114 valence electrons. The summed E-state index contributed by atoms with van der Waals surface area (Å²) in [7, 11) is 0. The van der Waals surface area contributed by atoms with E-state index in [-0.39, 0.29) is 5.56 Å². The Bertz CT molecular complexity index is 666. The van der Waals surface area contributed by atoms with Gasteiger partial charge < -0.3 is 10.4 Å². The van der Waals surface area contributed by atoms with Gasteiger partial charge in [0.25, 0.3) is 0 Å². The molecule has 0 aliphatic carbocycles. The lowest BCUT2D eigenvalue weighted by atomic mass is 9.92. The van der Waals surface area contributed by atoms with Crippen LogP contribution in [0.1, 0.15) is 28.9 Å². The molecular weight excluding hydrogens is 278 g/mol. The molecule has 0 spiro atoms. The van der Waals surface area contributed by atoms with Gasteiger partial charge in [0.2, 0.25) is 0 Å². The lowest BCUT2D eigenvalue weighted by molar-refractivity contribution is 0.0697. The molecule has 2 heterocycles. The molecule has 1 fully saturated rings. The molecule has 5 nitrogen and oxygen atoms in total. The van der Waals surface area contributed by atoms with Crippen molar-refractivity contribution in [2.75, 3.05) is 13.1 Å². The zero-order valence-electron chi connectivity index (χ0n) is 12.3. The summed E-state index contributed by atoms with van der Waals surface area (Å²) in [5, 5.41) is 12.6. The molecule has 1 aromatic heterocycles. The summed E-state index contributed by atoms with van der Waals surface area (Å²) in [6, 6.07) is 6.89. The van der Waals surface area contributed by atoms with Crippen LogP contribution in [0.25, 0.3) is 11.3 Å². The quantitative estimate of drug-likeness (QED) is 0.906. The number of piperidine rings is 1. The van der Waals surface area contributed by atoms with Crippen molar-refractivity contribution < 1.29 is 9.90 Å². The van der Waals surface area contributed by atoms with Gasteiger partial charge in [0.1, 0.15) is 0 Å². The van der Waals surface area contributed by atoms with Crippen molar-refractivity contribution >= 4 is 5.97 Å². The van der Waals surface area contributed by atoms with Crippen LogP contribution in [-0.2, 0) is 6.42 Å². The summed E-state index contributed by atoms with van der Waals surface area (Å²) in [5.74, 6) is -0.365. The number of carboxylic acid groups (broad SMARTS) is 1. The van der Waals surface area contributed by atoms with Crippen LogP contribution in [0.4, 0.5) is 0 Å². The first-order valence-corrected chi connectivity index (χ1v) is 7.58. The molecule has 22 heavy (non-hydrogen) atoms. The number of aromatic carboxylic acids is 1. The monoisotopic (exact) mass is 297 g/mol. The Hall–Kier alpha value is -2.27. The zero-order valence-corrected chi connectivity index (χ0v) is 12.3. The highest BCUT2D eigenvalue weighted by molar-refractivity contribution is 5.89. The fraction of sp³-hybridized carbons (Fsp3) is 0.353. The van der Waals surface area contributed by atoms with Crippen LogP contribution in [0.3, 0.4) is 0 Å². The molecule has 2 aromatic rings. The van der Waals surface area contributed by atoms with E-state index in [1.54, 1.807) is 30.6 Å². The Morgan fingerprint density at radius 3 is 2.95 bits per heavy atom. The first-order chi connectivity index (χ1) is 10.7. The van der Waals surface area contributed by atoms with Gasteiger partial charge in [0, 0.05) is 18.0 Å². The largest absolute Gasteiger partial charge is 0.478 e. The number of benzene rings is 1. The molecule has 1 aromatic carbocycles. The number of nitrogens with one attached hydrogen (secondary N) is 1. The highest BCUT2D eigenvalue weighted by Gasteiger charge is 2.17. The van der Waals surface area contributed by atoms with E-state index in [0.717, 1.165) is 36.5 Å². The van der Waals surface area contributed by atoms with E-state index >= 15 is 0 Å². The van der Waals surface area contributed by atoms with Gasteiger partial charge in [-0.2, -0.15) is 0 Å². The van der Waals surface area contributed by atoms with Crippen LogP contribution in [0.2, 0.25) is 0 Å². The minimum Gasteiger partial charge on any atom is -0.478 e. The Labute approximate surface area is 129 Å². The number of nitrogens with zero attached hydrogens (tertiary/aromatic N) is 2. The molecule has 0 amide bonds. The third kappa shape index (κ3) is 3.31. The molecule has 1 aliphatic heterocycles. The summed E-state index contributed by atoms with van der Waals surface area (Å²) in [4.78, 5) is 20.1. The van der Waals surface area contributed by atoms with Gasteiger partial charge in [-0.15, -0.1) is 0 Å². The van der Waals surface area contributed by atoms with E-state index in [2.05, 4.69) is 15.3 Å². The number of carboxylic acids is 1. The van der Waals surface area contributed by atoms with Gasteiger partial charge in [-0.1, -0.05) is 12.1 Å². The molecule has 0 radical (unpaired) electrons. The average molecular weight is 297 g/mol. The van der Waals surface area contributed by atoms with Crippen molar-refractivity contribution in [3.63, 3.8) is 0 Å². The zero-order chi connectivity index (χ0) is 15.4. The summed E-state index contributed by atoms with van der Waals surface area (Å²) >= 11 is 0. The maximum atomic E-state index is 11.1. The number of aromatic nitrogens is 2. The third-order valence-corrected chi connectivity index (χ3v) is 4.04. The fourth-order valence-corrected chi connectivity index (χ4v) is 2.93. The van der Waals surface area contributed by atoms with Crippen molar-refractivity contribution in [3.05, 3.63) is 47.9 Å². The van der Waals surface area contributed by atoms with Crippen LogP contribution >= 0.6 is 0 Å². The first kappa shape index (κ1) is 14.7. The van der Waals surface area contributed by atoms with Crippen molar-refractivity contribution in [3.8, 4) is 11.3 Å². The number of carbonyl (C=O) groups is 1. The molecule has 3 rings (SSSR count). The highest BCUT2D eigenvalue weighted by atomic mass is 16.4. The third-order valence-electron chi connectivity index (χ3n) is 4.04. The van der Waals surface area contributed by atoms with Gasteiger partial charge in [-0.3, -0.25) is 9.97 Å². The van der Waals surface area contributed by atoms with Crippen molar-refractivity contribution in [2.24, 2.45) is 5.92 Å². The molecule has 2 N–H and O–H groups in total. The van der Waals surface area contributed by atoms with Gasteiger partial charge >= 0.3 is 5.97 Å². The first-order valence-electron chi connectivity index (χ1n) is 7.58. The van der Waals surface area contributed by atoms with E-state index in [9.17, 15) is 4.79 Å². The van der Waals surface area contributed by atoms with E-state index in [1.807, 2.05) is 6.07 Å². The lowest BCUT2D eigenvalue weighted by Gasteiger charge is -2.23. The van der Waals surface area contributed by atoms with E-state index < -0.39 is 5.97 Å². The smallest absolute Gasteiger partial charge is 0.335 e. The topological polar surface area (TPSA) is 75.1 Å². The predicted octanol–water partition coefficient (Wildman–Crippen LogP) is 2.38. The van der Waals surface area contributed by atoms with E-state index in [0.29, 0.717) is 5.92 Å². The molecule has 0 saturated carbocycles. The summed E-state index contributed by atoms with van der Waals surface area (Å²) in [6.07, 6.45) is 6.61. The van der Waals surface area contributed by atoms with Gasteiger partial charge in [0.05, 0.1) is 17.0 Å². The Balaban J connectivity index is 1.90. The van der Waals surface area contributed by atoms with Gasteiger partial charge in [-0.25, -0.2) is 4.79 Å². The molecule has 0 bridgehead atoms. The average Bonchev–Trinajstić information content (AvgIpc) is 2.56. The molecule has 1 aliphatic rings. The van der Waals surface area contributed by atoms with Crippen LogP contribution in [0.5, 0.6) is 0 Å². The van der Waals surface area contributed by atoms with Crippen LogP contribution in [0, 0.1) is 5.92 Å². The molecule has 0 unspecified atom stereocenters. The van der Waals surface area contributed by atoms with Crippen LogP contribution in [0.15, 0.2) is 36.7 Å². The summed E-state index contributed by atoms with van der Waals surface area (Å²) in [6.45, 7) is 2.09. The Morgan fingerprint density at radius 1 is 1.32 bits per heavy atom.